The molecule has 6 rings (SSSR count). The van der Waals surface area contributed by atoms with E-state index >= 15 is 0 Å². The number of rotatable bonds is 7. The Morgan fingerprint density at radius 2 is 1.51 bits per heavy atom. The van der Waals surface area contributed by atoms with Gasteiger partial charge in [0.1, 0.15) is 15.7 Å². The van der Waals surface area contributed by atoms with Gasteiger partial charge in [-0.3, -0.25) is 0 Å². The second-order valence-corrected chi connectivity index (χ2v) is 13.2. The SMILES string of the molecule is O=S(=NCC1CC1)(N[C@H]1CCC[C@@H](N2c3ccccc3CCc3ccccc32)[C@@H]1O)c1ccc(OC(F)(F)F)cc1. The minimum Gasteiger partial charge on any atom is -0.406 e. The predicted molar refractivity (Wildman–Crippen MR) is 153 cm³/mol. The standard InChI is InChI=1S/C31H34F3N3O3S/c32-31(33,34)40-24-16-18-25(19-17-24)41(39,35-20-21-12-13-21)36-26-8-5-11-29(30(26)38)37-27-9-3-1-6-22(27)14-15-23-7-2-4-10-28(23)37/h1-4,6-7,9-10,16-19,21,26,29-30,38H,5,8,11-15,20H2,(H,35,36,39)/t26-,29+,30+,41?/m0/s1. The van der Waals surface area contributed by atoms with E-state index in [1.165, 1.54) is 23.3 Å². The molecule has 2 saturated carbocycles. The summed E-state index contributed by atoms with van der Waals surface area (Å²) in [5, 5.41) is 11.9. The average Bonchev–Trinajstić information content (AvgIpc) is 3.79. The van der Waals surface area contributed by atoms with Crippen LogP contribution in [-0.2, 0) is 22.8 Å². The van der Waals surface area contributed by atoms with Crippen molar-refractivity contribution >= 4 is 21.3 Å². The van der Waals surface area contributed by atoms with Crippen molar-refractivity contribution in [2.24, 2.45) is 10.3 Å². The smallest absolute Gasteiger partial charge is 0.406 e. The van der Waals surface area contributed by atoms with E-state index in [0.29, 0.717) is 18.9 Å². The molecule has 41 heavy (non-hydrogen) atoms. The van der Waals surface area contributed by atoms with Crippen LogP contribution >= 0.6 is 0 Å². The van der Waals surface area contributed by atoms with Gasteiger partial charge in [-0.05, 0) is 98.4 Å². The highest BCUT2D eigenvalue weighted by molar-refractivity contribution is 7.91. The summed E-state index contributed by atoms with van der Waals surface area (Å²) >= 11 is 0. The van der Waals surface area contributed by atoms with Crippen molar-refractivity contribution in [3.8, 4) is 5.75 Å². The van der Waals surface area contributed by atoms with Crippen molar-refractivity contribution in [3.05, 3.63) is 83.9 Å². The Kier molecular flexibility index (Phi) is 7.74. The zero-order valence-electron chi connectivity index (χ0n) is 22.6. The molecule has 1 aliphatic heterocycles. The van der Waals surface area contributed by atoms with Crippen LogP contribution in [0.3, 0.4) is 0 Å². The Morgan fingerprint density at radius 1 is 0.902 bits per heavy atom. The number of benzene rings is 3. The Balaban J connectivity index is 1.31. The van der Waals surface area contributed by atoms with E-state index in [4.69, 9.17) is 0 Å². The van der Waals surface area contributed by atoms with Crippen LogP contribution in [-0.4, -0.2) is 40.4 Å². The van der Waals surface area contributed by atoms with Crippen molar-refractivity contribution in [3.63, 3.8) is 0 Å². The van der Waals surface area contributed by atoms with Crippen LogP contribution < -0.4 is 14.4 Å². The topological polar surface area (TPSA) is 74.2 Å². The van der Waals surface area contributed by atoms with E-state index in [2.05, 4.69) is 43.0 Å². The monoisotopic (exact) mass is 585 g/mol. The zero-order valence-corrected chi connectivity index (χ0v) is 23.4. The van der Waals surface area contributed by atoms with E-state index in [1.54, 1.807) is 0 Å². The molecule has 6 nitrogen and oxygen atoms in total. The number of aliphatic hydroxyl groups is 1. The lowest BCUT2D eigenvalue weighted by atomic mass is 9.86. The fourth-order valence-corrected chi connectivity index (χ4v) is 7.91. The molecule has 2 fully saturated rings. The van der Waals surface area contributed by atoms with Gasteiger partial charge in [0.25, 0.3) is 0 Å². The van der Waals surface area contributed by atoms with Gasteiger partial charge >= 0.3 is 6.36 Å². The molecule has 0 radical (unpaired) electrons. The fraction of sp³-hybridized carbons (Fsp3) is 0.419. The second-order valence-electron chi connectivity index (χ2n) is 11.1. The third-order valence-corrected chi connectivity index (χ3v) is 10.3. The first kappa shape index (κ1) is 28.1. The number of halogens is 3. The van der Waals surface area contributed by atoms with Gasteiger partial charge in [-0.25, -0.2) is 13.3 Å². The van der Waals surface area contributed by atoms with Gasteiger partial charge in [0.15, 0.2) is 0 Å². The number of para-hydroxylation sites is 2. The Bertz CT molecular complexity index is 1450. The van der Waals surface area contributed by atoms with Crippen molar-refractivity contribution < 1.29 is 27.2 Å². The summed E-state index contributed by atoms with van der Waals surface area (Å²) in [4.78, 5) is 2.52. The Morgan fingerprint density at radius 3 is 2.10 bits per heavy atom. The summed E-state index contributed by atoms with van der Waals surface area (Å²) in [6, 6.07) is 20.8. The zero-order chi connectivity index (χ0) is 28.6. The molecule has 1 unspecified atom stereocenters. The van der Waals surface area contributed by atoms with Gasteiger partial charge in [-0.1, -0.05) is 36.4 Å². The largest absolute Gasteiger partial charge is 0.573 e. The number of nitrogens with one attached hydrogen (secondary N) is 1. The molecule has 2 aliphatic carbocycles. The summed E-state index contributed by atoms with van der Waals surface area (Å²) in [5.41, 5.74) is 4.58. The number of hydrogen-bond donors (Lipinski definition) is 2. The number of fused-ring (bicyclic) bond motifs is 2. The van der Waals surface area contributed by atoms with Crippen molar-refractivity contribution in [2.45, 2.75) is 74.4 Å². The molecule has 0 amide bonds. The lowest BCUT2D eigenvalue weighted by Gasteiger charge is -2.43. The highest BCUT2D eigenvalue weighted by Gasteiger charge is 2.40. The molecule has 4 atom stereocenters. The van der Waals surface area contributed by atoms with Crippen LogP contribution in [0.15, 0.2) is 82.1 Å². The molecule has 0 spiro atoms. The van der Waals surface area contributed by atoms with Gasteiger partial charge in [0.2, 0.25) is 0 Å². The fourth-order valence-electron chi connectivity index (χ4n) is 5.96. The number of nitrogens with zero attached hydrogens (tertiary/aromatic N) is 2. The minimum atomic E-state index is -4.82. The average molecular weight is 586 g/mol. The second kappa shape index (κ2) is 11.3. The molecular formula is C31H34F3N3O3S. The maximum absolute atomic E-state index is 14.4. The number of hydrogen-bond acceptors (Lipinski definition) is 5. The van der Waals surface area contributed by atoms with Crippen LogP contribution in [0.1, 0.15) is 43.2 Å². The molecule has 3 aliphatic rings. The molecule has 3 aromatic rings. The molecule has 1 heterocycles. The molecule has 0 saturated heterocycles. The molecule has 0 bridgehead atoms. The summed E-state index contributed by atoms with van der Waals surface area (Å²) in [7, 11) is -3.24. The van der Waals surface area contributed by atoms with Crippen molar-refractivity contribution in [1.82, 2.24) is 4.72 Å². The van der Waals surface area contributed by atoms with Gasteiger partial charge in [-0.2, -0.15) is 0 Å². The first-order chi connectivity index (χ1) is 19.7. The Hall–Kier alpha value is -3.08. The van der Waals surface area contributed by atoms with E-state index in [1.807, 2.05) is 24.3 Å². The Labute approximate surface area is 238 Å². The number of ether oxygens (including phenoxy) is 1. The maximum Gasteiger partial charge on any atom is 0.573 e. The summed E-state index contributed by atoms with van der Waals surface area (Å²) in [6.45, 7) is 0.395. The molecule has 2 N–H and O–H groups in total. The van der Waals surface area contributed by atoms with Gasteiger partial charge < -0.3 is 14.7 Å². The lowest BCUT2D eigenvalue weighted by molar-refractivity contribution is -0.274. The first-order valence-corrected chi connectivity index (χ1v) is 15.7. The van der Waals surface area contributed by atoms with Crippen molar-refractivity contribution in [2.75, 3.05) is 11.4 Å². The summed E-state index contributed by atoms with van der Waals surface area (Å²) in [6.07, 6.45) is 0.296. The van der Waals surface area contributed by atoms with Gasteiger partial charge in [0, 0.05) is 17.4 Å². The summed E-state index contributed by atoms with van der Waals surface area (Å²) in [5.74, 6) is -0.0268. The minimum absolute atomic E-state index is 0.267. The predicted octanol–water partition coefficient (Wildman–Crippen LogP) is 6.55. The highest BCUT2D eigenvalue weighted by Crippen LogP contribution is 2.41. The normalized spacial score (nSPS) is 24.0. The molecule has 0 aromatic heterocycles. The lowest BCUT2D eigenvalue weighted by Crippen LogP contribution is -2.55. The van der Waals surface area contributed by atoms with Crippen LogP contribution in [0.5, 0.6) is 5.75 Å². The molecule has 218 valence electrons. The summed E-state index contributed by atoms with van der Waals surface area (Å²) < 4.78 is 64.3. The number of alkyl halides is 3. The molecule has 3 aromatic carbocycles. The van der Waals surface area contributed by atoms with E-state index < -0.39 is 28.4 Å². The third kappa shape index (κ3) is 6.24. The quantitative estimate of drug-likeness (QED) is 0.330. The third-order valence-electron chi connectivity index (χ3n) is 8.22. The number of aryl methyl sites for hydroxylation is 2. The van der Waals surface area contributed by atoms with E-state index in [0.717, 1.165) is 62.0 Å². The molecular weight excluding hydrogens is 551 g/mol. The van der Waals surface area contributed by atoms with Gasteiger partial charge in [-0.15, -0.1) is 13.2 Å². The highest BCUT2D eigenvalue weighted by atomic mass is 32.2. The number of aliphatic hydroxyl groups excluding tert-OH is 1. The van der Waals surface area contributed by atoms with Crippen LogP contribution in [0.2, 0.25) is 0 Å². The van der Waals surface area contributed by atoms with Gasteiger partial charge in [0.05, 0.1) is 23.6 Å². The number of anilines is 2. The van der Waals surface area contributed by atoms with E-state index in [-0.39, 0.29) is 16.7 Å². The van der Waals surface area contributed by atoms with E-state index in [9.17, 15) is 22.5 Å². The van der Waals surface area contributed by atoms with Crippen LogP contribution in [0.25, 0.3) is 0 Å². The van der Waals surface area contributed by atoms with Crippen LogP contribution in [0, 0.1) is 5.92 Å². The first-order valence-electron chi connectivity index (χ1n) is 14.2. The maximum atomic E-state index is 14.4. The van der Waals surface area contributed by atoms with Crippen LogP contribution in [0.4, 0.5) is 24.5 Å². The van der Waals surface area contributed by atoms with Crippen molar-refractivity contribution in [1.29, 1.82) is 0 Å². The molecule has 10 heteroatoms.